The molecule has 1 spiro atoms. The Bertz CT molecular complexity index is 845. The van der Waals surface area contributed by atoms with Crippen LogP contribution in [0.1, 0.15) is 40.5 Å². The maximum atomic E-state index is 13.9. The molecule has 4 aliphatic rings. The average Bonchev–Trinajstić information content (AvgIpc) is 2.98. The van der Waals surface area contributed by atoms with Crippen LogP contribution in [-0.2, 0) is 23.9 Å². The van der Waals surface area contributed by atoms with Crippen LogP contribution in [0, 0.1) is 11.8 Å². The topological polar surface area (TPSA) is 96.4 Å². The first-order valence-electron chi connectivity index (χ1n) is 11.0. The molecule has 4 heterocycles. The van der Waals surface area contributed by atoms with E-state index < -0.39 is 40.6 Å². The third kappa shape index (κ3) is 3.22. The summed E-state index contributed by atoms with van der Waals surface area (Å²) in [5, 5.41) is 9.39. The van der Waals surface area contributed by atoms with Crippen LogP contribution in [-0.4, -0.2) is 81.8 Å². The molecule has 170 valence electrons. The largest absolute Gasteiger partial charge is 0.465 e. The van der Waals surface area contributed by atoms with E-state index in [1.54, 1.807) is 11.8 Å². The van der Waals surface area contributed by atoms with Crippen molar-refractivity contribution in [3.63, 3.8) is 0 Å². The second kappa shape index (κ2) is 7.45. The molecule has 4 aliphatic heterocycles. The van der Waals surface area contributed by atoms with Crippen LogP contribution in [0.15, 0.2) is 24.3 Å². The van der Waals surface area contributed by atoms with Crippen LogP contribution < -0.4 is 0 Å². The monoisotopic (exact) mass is 432 g/mol. The molecule has 0 aromatic heterocycles. The summed E-state index contributed by atoms with van der Waals surface area (Å²) in [4.78, 5) is 43.9. The lowest BCUT2D eigenvalue weighted by molar-refractivity contribution is -0.161. The van der Waals surface area contributed by atoms with E-state index in [0.717, 1.165) is 0 Å². The Morgan fingerprint density at radius 3 is 2.55 bits per heavy atom. The van der Waals surface area contributed by atoms with Crippen molar-refractivity contribution in [2.75, 3.05) is 26.3 Å². The maximum absolute atomic E-state index is 13.9. The molecule has 0 aromatic rings. The Hall–Kier alpha value is -2.19. The number of carbonyl (C=O) groups excluding carboxylic acids is 3. The molecule has 1 unspecified atom stereocenters. The molecule has 8 nitrogen and oxygen atoms in total. The number of rotatable bonds is 3. The normalized spacial score (nSPS) is 37.7. The molecular weight excluding hydrogens is 400 g/mol. The fourth-order valence-electron chi connectivity index (χ4n) is 5.57. The molecular formula is C23H32N2O6. The number of nitrogens with zero attached hydrogens (tertiary/aromatic N) is 2. The minimum atomic E-state index is -1.27. The summed E-state index contributed by atoms with van der Waals surface area (Å²) in [7, 11) is 0. The lowest BCUT2D eigenvalue weighted by Crippen LogP contribution is -2.59. The van der Waals surface area contributed by atoms with Crippen LogP contribution >= 0.6 is 0 Å². The number of esters is 1. The second-order valence-electron chi connectivity index (χ2n) is 9.99. The van der Waals surface area contributed by atoms with E-state index in [1.165, 1.54) is 4.90 Å². The number of likely N-dealkylation sites (tertiary alicyclic amines) is 1. The molecule has 31 heavy (non-hydrogen) atoms. The molecule has 2 fully saturated rings. The number of fused-ring (bicyclic) bond motifs is 2. The molecule has 0 radical (unpaired) electrons. The molecule has 1 N–H and O–H groups in total. The number of hydrogen-bond donors (Lipinski definition) is 1. The van der Waals surface area contributed by atoms with Crippen LogP contribution in [0.2, 0.25) is 0 Å². The highest BCUT2D eigenvalue weighted by atomic mass is 16.6. The second-order valence-corrected chi connectivity index (χ2v) is 9.99. The zero-order valence-electron chi connectivity index (χ0n) is 18.7. The van der Waals surface area contributed by atoms with Gasteiger partial charge in [0.25, 0.3) is 0 Å². The molecule has 0 aromatic carbocycles. The van der Waals surface area contributed by atoms with Crippen molar-refractivity contribution in [2.24, 2.45) is 11.8 Å². The number of carbonyl (C=O) groups is 3. The molecule has 4 rings (SSSR count). The predicted octanol–water partition coefficient (Wildman–Crippen LogP) is 1.04. The number of aliphatic hydroxyl groups is 1. The Labute approximate surface area is 182 Å². The van der Waals surface area contributed by atoms with Crippen molar-refractivity contribution in [2.45, 2.75) is 63.3 Å². The molecule has 5 atom stereocenters. The highest BCUT2D eigenvalue weighted by Gasteiger charge is 2.74. The number of aliphatic hydroxyl groups excluding tert-OH is 1. The summed E-state index contributed by atoms with van der Waals surface area (Å²) in [6.07, 6.45) is 8.35. The van der Waals surface area contributed by atoms with Gasteiger partial charge in [0.2, 0.25) is 11.8 Å². The first kappa shape index (κ1) is 22.0. The van der Waals surface area contributed by atoms with Gasteiger partial charge in [0.1, 0.15) is 17.6 Å². The average molecular weight is 433 g/mol. The minimum Gasteiger partial charge on any atom is -0.465 e. The van der Waals surface area contributed by atoms with Gasteiger partial charge in [-0.2, -0.15) is 0 Å². The zero-order valence-corrected chi connectivity index (χ0v) is 18.7. The van der Waals surface area contributed by atoms with Gasteiger partial charge in [-0.1, -0.05) is 24.3 Å². The number of hydrogen-bond acceptors (Lipinski definition) is 6. The number of amides is 2. The first-order valence-corrected chi connectivity index (χ1v) is 11.0. The number of ether oxygens (including phenoxy) is 2. The summed E-state index contributed by atoms with van der Waals surface area (Å²) < 4.78 is 12.1. The Balaban J connectivity index is 1.87. The lowest BCUT2D eigenvalue weighted by atomic mass is 9.74. The molecule has 0 aliphatic carbocycles. The highest BCUT2D eigenvalue weighted by molar-refractivity contribution is 5.99. The van der Waals surface area contributed by atoms with E-state index in [1.807, 2.05) is 45.1 Å². The van der Waals surface area contributed by atoms with Gasteiger partial charge >= 0.3 is 5.97 Å². The Morgan fingerprint density at radius 1 is 1.13 bits per heavy atom. The fraction of sp³-hybridized carbons (Fsp3) is 0.696. The minimum absolute atomic E-state index is 0.103. The first-order chi connectivity index (χ1) is 14.6. The van der Waals surface area contributed by atoms with Gasteiger partial charge in [-0.15, -0.1) is 0 Å². The maximum Gasteiger partial charge on any atom is 0.313 e. The SMILES string of the molecule is CC(C)(C)N1CC=C[C@]23O[C@@]4(C)C=CCCOC(=O)[C@H]4[C@H]2C(=O)N(CCCO)C3C1=O. The van der Waals surface area contributed by atoms with Gasteiger partial charge in [0, 0.05) is 25.2 Å². The predicted molar refractivity (Wildman–Crippen MR) is 112 cm³/mol. The summed E-state index contributed by atoms with van der Waals surface area (Å²) in [6, 6.07) is -0.902. The van der Waals surface area contributed by atoms with Crippen molar-refractivity contribution in [1.29, 1.82) is 0 Å². The standard InChI is InChI=1S/C23H32N2O6/c1-21(2,3)25-12-7-10-23-15(18(27)24(11-8-13-26)17(23)19(25)28)16-20(29)30-14-6-5-9-22(16,4)31-23/h5,7,9-10,15-17,26H,6,8,11-14H2,1-4H3/t15-,16+,17?,22-,23-/m0/s1. The van der Waals surface area contributed by atoms with E-state index in [4.69, 9.17) is 9.47 Å². The van der Waals surface area contributed by atoms with Crippen LogP contribution in [0.25, 0.3) is 0 Å². The van der Waals surface area contributed by atoms with Gasteiger partial charge in [-0.05, 0) is 40.5 Å². The van der Waals surface area contributed by atoms with Gasteiger partial charge in [0.05, 0.1) is 18.1 Å². The highest BCUT2D eigenvalue weighted by Crippen LogP contribution is 2.57. The Kier molecular flexibility index (Phi) is 5.29. The van der Waals surface area contributed by atoms with Gasteiger partial charge in [-0.25, -0.2) is 0 Å². The van der Waals surface area contributed by atoms with Crippen molar-refractivity contribution in [3.05, 3.63) is 24.3 Å². The third-order valence-electron chi connectivity index (χ3n) is 6.89. The van der Waals surface area contributed by atoms with Crippen LogP contribution in [0.4, 0.5) is 0 Å². The summed E-state index contributed by atoms with van der Waals surface area (Å²) in [5.41, 5.74) is -2.78. The molecule has 2 saturated heterocycles. The molecule has 8 heteroatoms. The van der Waals surface area contributed by atoms with Crippen molar-refractivity contribution in [3.8, 4) is 0 Å². The molecule has 0 bridgehead atoms. The van der Waals surface area contributed by atoms with E-state index >= 15 is 0 Å². The van der Waals surface area contributed by atoms with E-state index in [-0.39, 0.29) is 31.6 Å². The summed E-state index contributed by atoms with van der Waals surface area (Å²) in [6.45, 7) is 8.40. The van der Waals surface area contributed by atoms with Gasteiger partial charge < -0.3 is 24.4 Å². The van der Waals surface area contributed by atoms with Crippen molar-refractivity contribution < 1.29 is 29.0 Å². The van der Waals surface area contributed by atoms with Crippen LogP contribution in [0.5, 0.6) is 0 Å². The van der Waals surface area contributed by atoms with E-state index in [0.29, 0.717) is 19.4 Å². The zero-order chi connectivity index (χ0) is 22.6. The fourth-order valence-corrected chi connectivity index (χ4v) is 5.57. The molecule has 2 amide bonds. The summed E-state index contributed by atoms with van der Waals surface area (Å²) in [5.74, 6) is -2.69. The smallest absolute Gasteiger partial charge is 0.313 e. The van der Waals surface area contributed by atoms with E-state index in [2.05, 4.69) is 0 Å². The number of cyclic esters (lactones) is 1. The summed E-state index contributed by atoms with van der Waals surface area (Å²) >= 11 is 0. The van der Waals surface area contributed by atoms with Crippen LogP contribution in [0.3, 0.4) is 0 Å². The van der Waals surface area contributed by atoms with Crippen molar-refractivity contribution in [1.82, 2.24) is 9.80 Å². The van der Waals surface area contributed by atoms with E-state index in [9.17, 15) is 19.5 Å². The van der Waals surface area contributed by atoms with Gasteiger partial charge in [0.15, 0.2) is 0 Å². The molecule has 0 saturated carbocycles. The van der Waals surface area contributed by atoms with Crippen molar-refractivity contribution >= 4 is 17.8 Å². The third-order valence-corrected chi connectivity index (χ3v) is 6.89. The lowest BCUT2D eigenvalue weighted by Gasteiger charge is -2.41. The quantitative estimate of drug-likeness (QED) is 0.529. The van der Waals surface area contributed by atoms with Gasteiger partial charge in [-0.3, -0.25) is 14.4 Å². The Morgan fingerprint density at radius 2 is 1.87 bits per heavy atom.